The third kappa shape index (κ3) is 11.5. The summed E-state index contributed by atoms with van der Waals surface area (Å²) in [5.74, 6) is 4.20. The van der Waals surface area contributed by atoms with Crippen LogP contribution in [0, 0.1) is 5.41 Å². The lowest BCUT2D eigenvalue weighted by molar-refractivity contribution is 0.420. The molecule has 0 rings (SSSR count). The molecule has 0 aromatic rings. The van der Waals surface area contributed by atoms with Crippen LogP contribution in [-0.4, -0.2) is 17.8 Å². The summed E-state index contributed by atoms with van der Waals surface area (Å²) in [6.45, 7) is 8.72. The van der Waals surface area contributed by atoms with Gasteiger partial charge in [0.05, 0.1) is 0 Å². The van der Waals surface area contributed by atoms with Crippen LogP contribution < -0.4 is 0 Å². The molecule has 74 valence electrons. The van der Waals surface area contributed by atoms with Gasteiger partial charge in [-0.05, 0) is 24.6 Å². The minimum atomic E-state index is 0.370. The van der Waals surface area contributed by atoms with Gasteiger partial charge in [-0.1, -0.05) is 32.6 Å². The van der Waals surface area contributed by atoms with Crippen molar-refractivity contribution in [3.8, 4) is 0 Å². The maximum atomic E-state index is 4.14. The predicted octanol–water partition coefficient (Wildman–Crippen LogP) is 3.31. The highest BCUT2D eigenvalue weighted by molar-refractivity contribution is 7.40. The van der Waals surface area contributed by atoms with Crippen LogP contribution in [0.1, 0.15) is 34.1 Å². The van der Waals surface area contributed by atoms with Crippen molar-refractivity contribution in [2.75, 3.05) is 0 Å². The lowest BCUT2D eigenvalue weighted by Gasteiger charge is -2.13. The van der Waals surface area contributed by atoms with Gasteiger partial charge in [0.25, 0.3) is 0 Å². The summed E-state index contributed by atoms with van der Waals surface area (Å²) in [7, 11) is 0.783. The Morgan fingerprint density at radius 3 is 2.54 bits per heavy atom. The predicted molar refractivity (Wildman–Crippen MR) is 67.8 cm³/mol. The van der Waals surface area contributed by atoms with Crippen LogP contribution in [0.2, 0.25) is 0 Å². The van der Waals surface area contributed by atoms with Crippen molar-refractivity contribution in [1.82, 2.24) is 0 Å². The summed E-state index contributed by atoms with van der Waals surface area (Å²) in [5.41, 5.74) is 0.370. The molecular formula is C11H20NP. The Balaban J connectivity index is 3.76. The summed E-state index contributed by atoms with van der Waals surface area (Å²) in [5, 5.41) is 0. The highest BCUT2D eigenvalue weighted by Gasteiger charge is 2.05. The summed E-state index contributed by atoms with van der Waals surface area (Å²) in [6.07, 6.45) is 6.93. The second kappa shape index (κ2) is 6.91. The highest BCUT2D eigenvalue weighted by Crippen LogP contribution is 2.18. The second-order valence-electron chi connectivity index (χ2n) is 4.07. The maximum Gasteiger partial charge on any atom is 0.0304 e. The molecule has 0 saturated carbocycles. The minimum Gasteiger partial charge on any atom is -0.265 e. The molecule has 0 aliphatic rings. The van der Waals surface area contributed by atoms with Crippen molar-refractivity contribution >= 4 is 25.6 Å². The van der Waals surface area contributed by atoms with Gasteiger partial charge in [0.1, 0.15) is 0 Å². The first-order valence-electron chi connectivity index (χ1n) is 4.60. The standard InChI is InChI=1S/C11H20NP/c1-5-13-10-9-12-8-6-7-11(2,3)4/h5-6,8-10,13H,7H2,1-4H3/b8-6-,12-9-. The Morgan fingerprint density at radius 2 is 2.00 bits per heavy atom. The molecular weight excluding hydrogens is 177 g/mol. The van der Waals surface area contributed by atoms with Crippen molar-refractivity contribution in [3.63, 3.8) is 0 Å². The van der Waals surface area contributed by atoms with Crippen molar-refractivity contribution in [1.29, 1.82) is 0 Å². The van der Waals surface area contributed by atoms with E-state index in [0.717, 1.165) is 14.2 Å². The molecule has 0 bridgehead atoms. The van der Waals surface area contributed by atoms with Crippen molar-refractivity contribution in [2.24, 2.45) is 10.4 Å². The average Bonchev–Trinajstić information content (AvgIpc) is 2.01. The Bertz CT molecular complexity index is 237. The highest BCUT2D eigenvalue weighted by atomic mass is 31.0. The zero-order chi connectivity index (χ0) is 10.2. The number of allylic oxidation sites excluding steroid dienone is 1. The molecule has 0 aromatic carbocycles. The third-order valence-electron chi connectivity index (χ3n) is 1.35. The first-order chi connectivity index (χ1) is 6.06. The molecule has 0 heterocycles. The van der Waals surface area contributed by atoms with Crippen molar-refractivity contribution < 1.29 is 0 Å². The van der Waals surface area contributed by atoms with Gasteiger partial charge in [-0.3, -0.25) is 4.99 Å². The number of hydrogen-bond acceptors (Lipinski definition) is 1. The lowest BCUT2D eigenvalue weighted by Crippen LogP contribution is -2.01. The van der Waals surface area contributed by atoms with Gasteiger partial charge in [0.2, 0.25) is 0 Å². The van der Waals surface area contributed by atoms with E-state index in [1.165, 1.54) is 0 Å². The topological polar surface area (TPSA) is 12.4 Å². The molecule has 0 amide bonds. The van der Waals surface area contributed by atoms with Crippen LogP contribution in [0.15, 0.2) is 17.3 Å². The molecule has 0 spiro atoms. The first-order valence-corrected chi connectivity index (χ1v) is 5.75. The van der Waals surface area contributed by atoms with E-state index in [0.29, 0.717) is 5.41 Å². The molecule has 0 fully saturated rings. The fraction of sp³-hybridized carbons (Fsp3) is 0.545. The quantitative estimate of drug-likeness (QED) is 0.486. The van der Waals surface area contributed by atoms with Gasteiger partial charge in [-0.2, -0.15) is 0 Å². The summed E-state index contributed by atoms with van der Waals surface area (Å²) < 4.78 is 0. The molecule has 0 aliphatic carbocycles. The van der Waals surface area contributed by atoms with Crippen LogP contribution in [0.25, 0.3) is 0 Å². The van der Waals surface area contributed by atoms with E-state index in [9.17, 15) is 0 Å². The molecule has 0 N–H and O–H groups in total. The van der Waals surface area contributed by atoms with Crippen LogP contribution in [0.5, 0.6) is 0 Å². The number of aliphatic imine (C=N–C) groups is 1. The number of nitrogens with zero attached hydrogens (tertiary/aromatic N) is 1. The Labute approximate surface area is 83.0 Å². The van der Waals surface area contributed by atoms with E-state index < -0.39 is 0 Å². The minimum absolute atomic E-state index is 0.370. The first kappa shape index (κ1) is 12.4. The molecule has 1 atom stereocenters. The second-order valence-corrected chi connectivity index (χ2v) is 5.31. The lowest BCUT2D eigenvalue weighted by atomic mass is 9.92. The Morgan fingerprint density at radius 1 is 1.31 bits per heavy atom. The van der Waals surface area contributed by atoms with E-state index in [-0.39, 0.29) is 0 Å². The molecule has 0 aromatic heterocycles. The van der Waals surface area contributed by atoms with Gasteiger partial charge in [-0.15, -0.1) is 7.83 Å². The van der Waals surface area contributed by atoms with Crippen LogP contribution in [-0.2, 0) is 0 Å². The van der Waals surface area contributed by atoms with Crippen LogP contribution in [0.4, 0.5) is 0 Å². The molecule has 1 nitrogen and oxygen atoms in total. The van der Waals surface area contributed by atoms with E-state index in [4.69, 9.17) is 0 Å². The number of hydrogen-bond donors (Lipinski definition) is 0. The number of rotatable bonds is 3. The zero-order valence-corrected chi connectivity index (χ0v) is 10.0. The fourth-order valence-electron chi connectivity index (χ4n) is 0.699. The normalized spacial score (nSPS) is 12.9. The molecule has 0 radical (unpaired) electrons. The zero-order valence-electron chi connectivity index (χ0n) is 9.04. The molecule has 13 heavy (non-hydrogen) atoms. The fourth-order valence-corrected chi connectivity index (χ4v) is 1.06. The van der Waals surface area contributed by atoms with Crippen LogP contribution in [0.3, 0.4) is 0 Å². The Hall–Kier alpha value is -0.550. The molecule has 1 unspecified atom stereocenters. The summed E-state index contributed by atoms with van der Waals surface area (Å²) in [4.78, 5) is 4.14. The maximum absolute atomic E-state index is 4.14. The van der Waals surface area contributed by atoms with Crippen LogP contribution >= 0.6 is 7.83 Å². The smallest absolute Gasteiger partial charge is 0.0304 e. The summed E-state index contributed by atoms with van der Waals surface area (Å²) >= 11 is 0. The average molecular weight is 197 g/mol. The third-order valence-corrected chi connectivity index (χ3v) is 2.02. The van der Waals surface area contributed by atoms with Crippen molar-refractivity contribution in [3.05, 3.63) is 12.3 Å². The summed E-state index contributed by atoms with van der Waals surface area (Å²) in [6, 6.07) is 0. The van der Waals surface area contributed by atoms with Gasteiger partial charge in [-0.25, -0.2) is 0 Å². The van der Waals surface area contributed by atoms with Gasteiger partial charge in [0, 0.05) is 12.4 Å². The van der Waals surface area contributed by atoms with Gasteiger partial charge in [0.15, 0.2) is 0 Å². The molecule has 2 heteroatoms. The molecule has 0 aliphatic heterocycles. The SMILES string of the molecule is CC=[PH]=C/C=N\C=C/CC(C)(C)C. The van der Waals surface area contributed by atoms with Gasteiger partial charge >= 0.3 is 0 Å². The largest absolute Gasteiger partial charge is 0.265 e. The monoisotopic (exact) mass is 197 g/mol. The van der Waals surface area contributed by atoms with E-state index in [2.05, 4.69) is 50.4 Å². The van der Waals surface area contributed by atoms with E-state index >= 15 is 0 Å². The van der Waals surface area contributed by atoms with Crippen molar-refractivity contribution in [2.45, 2.75) is 34.1 Å². The Kier molecular flexibility index (Phi) is 6.62. The molecule has 0 saturated heterocycles. The van der Waals surface area contributed by atoms with E-state index in [1.54, 1.807) is 0 Å². The van der Waals surface area contributed by atoms with E-state index in [1.807, 2.05) is 12.4 Å². The van der Waals surface area contributed by atoms with Gasteiger partial charge < -0.3 is 0 Å².